The van der Waals surface area contributed by atoms with E-state index in [1.54, 1.807) is 0 Å². The van der Waals surface area contributed by atoms with E-state index >= 15 is 0 Å². The third-order valence-electron chi connectivity index (χ3n) is 11.0. The minimum absolute atomic E-state index is 0.0460. The number of allylic oxidation sites excluding steroid dienone is 13. The molecule has 0 aliphatic carbocycles. The van der Waals surface area contributed by atoms with Crippen LogP contribution in [0.4, 0.5) is 0 Å². The lowest BCUT2D eigenvalue weighted by Crippen LogP contribution is -2.46. The van der Waals surface area contributed by atoms with Gasteiger partial charge in [0, 0.05) is 6.42 Å². The minimum Gasteiger partial charge on any atom is -0.458 e. The van der Waals surface area contributed by atoms with E-state index in [1.165, 1.54) is 96.3 Å². The van der Waals surface area contributed by atoms with Crippen molar-refractivity contribution in [3.8, 4) is 0 Å². The predicted octanol–water partition coefficient (Wildman–Crippen LogP) is 15.2. The Bertz CT molecular complexity index is 1180. The van der Waals surface area contributed by atoms with E-state index in [2.05, 4.69) is 99.0 Å². The molecule has 0 aromatic carbocycles. The van der Waals surface area contributed by atoms with Gasteiger partial charge in [-0.2, -0.15) is 0 Å². The van der Waals surface area contributed by atoms with E-state index < -0.39 is 18.2 Å². The number of amides is 1. The second-order valence-corrected chi connectivity index (χ2v) is 16.8. The number of rotatable bonds is 44. The predicted molar refractivity (Wildman–Crippen MR) is 264 cm³/mol. The zero-order valence-corrected chi connectivity index (χ0v) is 39.8. The largest absolute Gasteiger partial charge is 0.458 e. The maximum atomic E-state index is 13.1. The number of hydrogen-bond acceptors (Lipinski definition) is 5. The summed E-state index contributed by atoms with van der Waals surface area (Å²) in [7, 11) is 0. The van der Waals surface area contributed by atoms with E-state index in [-0.39, 0.29) is 24.9 Å². The van der Waals surface area contributed by atoms with Gasteiger partial charge in [-0.1, -0.05) is 215 Å². The van der Waals surface area contributed by atoms with Crippen LogP contribution in [0.3, 0.4) is 0 Å². The van der Waals surface area contributed by atoms with Crippen LogP contribution in [0.2, 0.25) is 0 Å². The van der Waals surface area contributed by atoms with Gasteiger partial charge in [-0.15, -0.1) is 0 Å². The molecule has 3 unspecified atom stereocenters. The van der Waals surface area contributed by atoms with Crippen molar-refractivity contribution >= 4 is 11.9 Å². The molecule has 3 atom stereocenters. The van der Waals surface area contributed by atoms with Crippen LogP contribution in [0.1, 0.15) is 226 Å². The van der Waals surface area contributed by atoms with Gasteiger partial charge in [-0.05, 0) is 83.1 Å². The Hall–Kier alpha value is -2.96. The maximum absolute atomic E-state index is 13.1. The highest BCUT2D eigenvalue weighted by atomic mass is 16.5. The van der Waals surface area contributed by atoms with Crippen molar-refractivity contribution < 1.29 is 24.5 Å². The van der Waals surface area contributed by atoms with Gasteiger partial charge in [0.1, 0.15) is 6.10 Å². The van der Waals surface area contributed by atoms with Crippen molar-refractivity contribution in [3.63, 3.8) is 0 Å². The van der Waals surface area contributed by atoms with Crippen molar-refractivity contribution in [1.82, 2.24) is 5.32 Å². The number of aliphatic hydroxyl groups is 2. The molecule has 0 saturated heterocycles. The first-order valence-electron chi connectivity index (χ1n) is 25.3. The van der Waals surface area contributed by atoms with Crippen LogP contribution < -0.4 is 5.32 Å². The second-order valence-electron chi connectivity index (χ2n) is 16.8. The molecule has 350 valence electrons. The Balaban J connectivity index is 4.67. The van der Waals surface area contributed by atoms with Gasteiger partial charge in [-0.25, -0.2) is 0 Å². The average molecular weight is 850 g/mol. The van der Waals surface area contributed by atoms with E-state index in [0.29, 0.717) is 19.3 Å². The van der Waals surface area contributed by atoms with Crippen LogP contribution in [0.5, 0.6) is 0 Å². The summed E-state index contributed by atoms with van der Waals surface area (Å²) in [4.78, 5) is 26.0. The third-order valence-corrected chi connectivity index (χ3v) is 11.0. The van der Waals surface area contributed by atoms with Crippen LogP contribution in [0, 0.1) is 0 Å². The molecule has 6 heteroatoms. The molecule has 0 fully saturated rings. The zero-order valence-electron chi connectivity index (χ0n) is 39.8. The fourth-order valence-electron chi connectivity index (χ4n) is 7.13. The topological polar surface area (TPSA) is 95.9 Å². The van der Waals surface area contributed by atoms with Crippen molar-refractivity contribution in [1.29, 1.82) is 0 Å². The Kier molecular flexibility index (Phi) is 45.7. The molecule has 0 aromatic rings. The Labute approximate surface area is 376 Å². The third kappa shape index (κ3) is 43.5. The van der Waals surface area contributed by atoms with Crippen LogP contribution >= 0.6 is 0 Å². The molecular formula is C55H95NO5. The maximum Gasteiger partial charge on any atom is 0.306 e. The van der Waals surface area contributed by atoms with Gasteiger partial charge in [0.25, 0.3) is 0 Å². The monoisotopic (exact) mass is 850 g/mol. The summed E-state index contributed by atoms with van der Waals surface area (Å²) in [6.45, 7) is 6.31. The lowest BCUT2D eigenvalue weighted by Gasteiger charge is -2.23. The van der Waals surface area contributed by atoms with Gasteiger partial charge in [-0.3, -0.25) is 9.59 Å². The second kappa shape index (κ2) is 48.1. The van der Waals surface area contributed by atoms with E-state index in [9.17, 15) is 19.8 Å². The number of carbonyl (C=O) groups excluding carboxylic acids is 2. The smallest absolute Gasteiger partial charge is 0.306 e. The van der Waals surface area contributed by atoms with Crippen LogP contribution in [-0.4, -0.2) is 46.9 Å². The Morgan fingerprint density at radius 1 is 0.508 bits per heavy atom. The van der Waals surface area contributed by atoms with Gasteiger partial charge in [0.2, 0.25) is 5.91 Å². The lowest BCUT2D eigenvalue weighted by atomic mass is 10.0. The van der Waals surface area contributed by atoms with Gasteiger partial charge < -0.3 is 20.3 Å². The normalized spacial score (nSPS) is 14.0. The lowest BCUT2D eigenvalue weighted by molar-refractivity contribution is -0.148. The molecule has 3 N–H and O–H groups in total. The first kappa shape index (κ1) is 58.0. The molecule has 6 nitrogen and oxygen atoms in total. The van der Waals surface area contributed by atoms with Crippen molar-refractivity contribution in [3.05, 3.63) is 85.1 Å². The highest BCUT2D eigenvalue weighted by molar-refractivity contribution is 5.78. The van der Waals surface area contributed by atoms with E-state index in [1.807, 2.05) is 12.2 Å². The SMILES string of the molecule is CC/C=C\C/C=C\C/C=C\C/C=C\C/C=C\CCCCCC(=O)OC(/C=C/C/C=C\CCCCCCCC)CC(=O)NC(CO)C(O)CCCCCCCCCCCCCC. The van der Waals surface area contributed by atoms with Gasteiger partial charge in [0.15, 0.2) is 0 Å². The quantitative estimate of drug-likeness (QED) is 0.0322. The number of carbonyl (C=O) groups is 2. The number of nitrogens with one attached hydrogen (secondary N) is 1. The first-order chi connectivity index (χ1) is 30.0. The highest BCUT2D eigenvalue weighted by Gasteiger charge is 2.23. The number of unbranched alkanes of at least 4 members (excludes halogenated alkanes) is 20. The first-order valence-corrected chi connectivity index (χ1v) is 25.3. The van der Waals surface area contributed by atoms with Crippen LogP contribution in [0.15, 0.2) is 85.1 Å². The van der Waals surface area contributed by atoms with Crippen molar-refractivity contribution in [2.24, 2.45) is 0 Å². The highest BCUT2D eigenvalue weighted by Crippen LogP contribution is 2.15. The zero-order chi connectivity index (χ0) is 44.5. The fourth-order valence-corrected chi connectivity index (χ4v) is 7.13. The molecule has 1 amide bonds. The number of esters is 1. The van der Waals surface area contributed by atoms with Crippen LogP contribution in [0.25, 0.3) is 0 Å². The molecule has 0 rings (SSSR count). The molecule has 61 heavy (non-hydrogen) atoms. The molecule has 0 radical (unpaired) electrons. The Morgan fingerprint density at radius 2 is 0.918 bits per heavy atom. The van der Waals surface area contributed by atoms with Gasteiger partial charge >= 0.3 is 5.97 Å². The summed E-state index contributed by atoms with van der Waals surface area (Å²) in [5.41, 5.74) is 0. The molecule has 0 aliphatic heterocycles. The molecule has 0 saturated carbocycles. The minimum atomic E-state index is -0.819. The summed E-state index contributed by atoms with van der Waals surface area (Å²) in [6, 6.07) is -0.742. The molecule has 0 bridgehead atoms. The summed E-state index contributed by atoms with van der Waals surface area (Å²) < 4.78 is 5.81. The van der Waals surface area contributed by atoms with Crippen LogP contribution in [-0.2, 0) is 14.3 Å². The number of hydrogen-bond donors (Lipinski definition) is 3. The molecule has 0 aliphatic rings. The van der Waals surface area contributed by atoms with E-state index in [4.69, 9.17) is 4.74 Å². The summed E-state index contributed by atoms with van der Waals surface area (Å²) in [6.07, 6.45) is 62.4. The fraction of sp³-hybridized carbons (Fsp3) is 0.709. The molecule has 0 heterocycles. The molecule has 0 spiro atoms. The van der Waals surface area contributed by atoms with Crippen molar-refractivity contribution in [2.75, 3.05) is 6.61 Å². The van der Waals surface area contributed by atoms with Crippen molar-refractivity contribution in [2.45, 2.75) is 244 Å². The number of aliphatic hydroxyl groups excluding tert-OH is 2. The van der Waals surface area contributed by atoms with E-state index in [0.717, 1.165) is 83.5 Å². The van der Waals surface area contributed by atoms with Gasteiger partial charge in [0.05, 0.1) is 25.2 Å². The summed E-state index contributed by atoms with van der Waals surface area (Å²) in [5.74, 6) is -0.646. The average Bonchev–Trinajstić information content (AvgIpc) is 3.25. The Morgan fingerprint density at radius 3 is 1.39 bits per heavy atom. The standard InChI is InChI=1S/C55H95NO5/c1-4-7-10-13-16-19-22-24-25-26-27-28-29-30-33-36-39-42-45-48-55(60)61-51(46-43-40-37-34-31-21-18-15-12-9-6-3)49-54(59)56-52(50-57)53(58)47-44-41-38-35-32-23-20-17-14-11-8-5-2/h7,10,16,19,24-25,27-28,30,33-34,37,43,46,51-53,57-58H,4-6,8-9,11-15,17-18,20-23,26,29,31-32,35-36,38-42,44-45,47-50H2,1-3H3,(H,56,59)/b10-7-,19-16-,25-24-,28-27-,33-30-,37-34-,46-43+. The molecule has 0 aromatic heterocycles. The molecular weight excluding hydrogens is 755 g/mol. The summed E-state index contributed by atoms with van der Waals surface area (Å²) >= 11 is 0. The number of ether oxygens (including phenoxy) is 1. The summed E-state index contributed by atoms with van der Waals surface area (Å²) in [5, 5.41) is 23.6.